The summed E-state index contributed by atoms with van der Waals surface area (Å²) in [6.45, 7) is 4.70. The zero-order valence-corrected chi connectivity index (χ0v) is 25.3. The standard InChI is InChI=1S/C43H31NO/c1-43(2)37-19-8-6-16-33(37)34-24-22-29(26-38(34)43)32-18-10-12-28-13-11-20-39(42(28)32)44(30-14-4-3-5-15-30)31-23-25-36-35-17-7-9-21-40(35)45-41(36)27-31/h3-27H,1-2H3. The minimum absolute atomic E-state index is 0.0621. The average molecular weight is 578 g/mol. The van der Waals surface area contributed by atoms with Gasteiger partial charge in [0.15, 0.2) is 0 Å². The summed E-state index contributed by atoms with van der Waals surface area (Å²) in [6, 6.07) is 54.7. The van der Waals surface area contributed by atoms with Crippen LogP contribution in [0.25, 0.3) is 55.0 Å². The molecule has 0 radical (unpaired) electrons. The number of furan rings is 1. The Hall–Kier alpha value is -5.60. The lowest BCUT2D eigenvalue weighted by Gasteiger charge is -2.28. The number of nitrogens with zero attached hydrogens (tertiary/aromatic N) is 1. The van der Waals surface area contributed by atoms with Crippen LogP contribution in [0, 0.1) is 0 Å². The molecule has 0 saturated carbocycles. The second kappa shape index (κ2) is 9.70. The molecule has 0 bridgehead atoms. The summed E-state index contributed by atoms with van der Waals surface area (Å²) in [7, 11) is 0. The lowest BCUT2D eigenvalue weighted by molar-refractivity contribution is 0.660. The van der Waals surface area contributed by atoms with Crippen LogP contribution in [0.4, 0.5) is 17.1 Å². The maximum absolute atomic E-state index is 6.36. The van der Waals surface area contributed by atoms with Crippen LogP contribution in [0.3, 0.4) is 0 Å². The molecule has 7 aromatic carbocycles. The predicted octanol–water partition coefficient (Wildman–Crippen LogP) is 12.2. The summed E-state index contributed by atoms with van der Waals surface area (Å²) in [5.74, 6) is 0. The molecule has 214 valence electrons. The zero-order chi connectivity index (χ0) is 30.1. The van der Waals surface area contributed by atoms with Gasteiger partial charge in [0.2, 0.25) is 0 Å². The molecule has 0 spiro atoms. The number of anilines is 3. The third-order valence-electron chi connectivity index (χ3n) is 9.65. The van der Waals surface area contributed by atoms with E-state index in [1.54, 1.807) is 0 Å². The van der Waals surface area contributed by atoms with E-state index in [1.165, 1.54) is 44.2 Å². The summed E-state index contributed by atoms with van der Waals surface area (Å²) in [4.78, 5) is 2.37. The molecule has 2 nitrogen and oxygen atoms in total. The molecule has 2 heteroatoms. The maximum Gasteiger partial charge on any atom is 0.137 e. The molecule has 45 heavy (non-hydrogen) atoms. The predicted molar refractivity (Wildman–Crippen MR) is 189 cm³/mol. The molecule has 0 saturated heterocycles. The lowest BCUT2D eigenvalue weighted by Crippen LogP contribution is -2.15. The van der Waals surface area contributed by atoms with Crippen LogP contribution in [-0.2, 0) is 5.41 Å². The monoisotopic (exact) mass is 577 g/mol. The van der Waals surface area contributed by atoms with E-state index in [0.717, 1.165) is 39.0 Å². The van der Waals surface area contributed by atoms with E-state index in [-0.39, 0.29) is 5.41 Å². The van der Waals surface area contributed by atoms with Gasteiger partial charge in [-0.05, 0) is 81.2 Å². The first-order chi connectivity index (χ1) is 22.1. The highest BCUT2D eigenvalue weighted by atomic mass is 16.3. The van der Waals surface area contributed by atoms with Gasteiger partial charge >= 0.3 is 0 Å². The van der Waals surface area contributed by atoms with Crippen LogP contribution in [0.5, 0.6) is 0 Å². The van der Waals surface area contributed by atoms with Gasteiger partial charge in [0, 0.05) is 39.0 Å². The number of para-hydroxylation sites is 2. The Kier molecular flexibility index (Phi) is 5.58. The van der Waals surface area contributed by atoms with Gasteiger partial charge in [-0.25, -0.2) is 0 Å². The smallest absolute Gasteiger partial charge is 0.137 e. The van der Waals surface area contributed by atoms with Crippen molar-refractivity contribution in [1.82, 2.24) is 0 Å². The molecule has 1 aliphatic carbocycles. The van der Waals surface area contributed by atoms with Crippen LogP contribution in [-0.4, -0.2) is 0 Å². The van der Waals surface area contributed by atoms with Crippen molar-refractivity contribution in [1.29, 1.82) is 0 Å². The van der Waals surface area contributed by atoms with E-state index in [2.05, 4.69) is 158 Å². The van der Waals surface area contributed by atoms with E-state index in [1.807, 2.05) is 12.1 Å². The van der Waals surface area contributed by atoms with Crippen LogP contribution >= 0.6 is 0 Å². The first-order valence-electron chi connectivity index (χ1n) is 15.6. The van der Waals surface area contributed by atoms with Crippen LogP contribution in [0.1, 0.15) is 25.0 Å². The highest BCUT2D eigenvalue weighted by Crippen LogP contribution is 2.50. The molecule has 0 amide bonds. The van der Waals surface area contributed by atoms with Gasteiger partial charge in [0.1, 0.15) is 11.2 Å². The second-order valence-corrected chi connectivity index (χ2v) is 12.6. The molecule has 0 unspecified atom stereocenters. The van der Waals surface area contributed by atoms with Crippen molar-refractivity contribution in [2.75, 3.05) is 4.90 Å². The van der Waals surface area contributed by atoms with E-state index in [0.29, 0.717) is 0 Å². The number of benzene rings is 7. The van der Waals surface area contributed by atoms with Crippen molar-refractivity contribution >= 4 is 49.8 Å². The summed E-state index contributed by atoms with van der Waals surface area (Å²) in [6.07, 6.45) is 0. The molecule has 9 rings (SSSR count). The molecule has 0 atom stereocenters. The largest absolute Gasteiger partial charge is 0.456 e. The third-order valence-corrected chi connectivity index (χ3v) is 9.65. The van der Waals surface area contributed by atoms with Crippen molar-refractivity contribution in [3.63, 3.8) is 0 Å². The fourth-order valence-corrected chi connectivity index (χ4v) is 7.48. The van der Waals surface area contributed by atoms with E-state index < -0.39 is 0 Å². The van der Waals surface area contributed by atoms with Gasteiger partial charge in [-0.3, -0.25) is 0 Å². The van der Waals surface area contributed by atoms with Crippen molar-refractivity contribution in [2.45, 2.75) is 19.3 Å². The first-order valence-corrected chi connectivity index (χ1v) is 15.6. The lowest BCUT2D eigenvalue weighted by atomic mass is 9.81. The highest BCUT2D eigenvalue weighted by molar-refractivity contribution is 6.10. The van der Waals surface area contributed by atoms with Crippen molar-refractivity contribution < 1.29 is 4.42 Å². The number of hydrogen-bond donors (Lipinski definition) is 0. The third kappa shape index (κ3) is 3.89. The Labute approximate surface area is 262 Å². The van der Waals surface area contributed by atoms with E-state index in [4.69, 9.17) is 4.42 Å². The Morgan fingerprint density at radius 2 is 1.20 bits per heavy atom. The van der Waals surface area contributed by atoms with Crippen LogP contribution in [0.15, 0.2) is 156 Å². The molecular weight excluding hydrogens is 546 g/mol. The molecule has 0 aliphatic heterocycles. The Bertz CT molecular complexity index is 2410. The molecule has 1 aromatic heterocycles. The van der Waals surface area contributed by atoms with Crippen molar-refractivity contribution in [3.05, 3.63) is 163 Å². The Morgan fingerprint density at radius 1 is 0.489 bits per heavy atom. The SMILES string of the molecule is CC1(C)c2ccccc2-c2ccc(-c3cccc4cccc(N(c5ccccc5)c5ccc6c(c5)oc5ccccc56)c34)cc21. The van der Waals surface area contributed by atoms with Crippen LogP contribution < -0.4 is 4.90 Å². The fourth-order valence-electron chi connectivity index (χ4n) is 7.48. The van der Waals surface area contributed by atoms with Crippen molar-refractivity contribution in [3.8, 4) is 22.3 Å². The van der Waals surface area contributed by atoms with Gasteiger partial charge in [-0.1, -0.05) is 117 Å². The quantitative estimate of drug-likeness (QED) is 0.207. The number of fused-ring (bicyclic) bond motifs is 7. The summed E-state index contributed by atoms with van der Waals surface area (Å²) in [5.41, 5.74) is 12.9. The summed E-state index contributed by atoms with van der Waals surface area (Å²) >= 11 is 0. The second-order valence-electron chi connectivity index (χ2n) is 12.6. The minimum atomic E-state index is -0.0621. The topological polar surface area (TPSA) is 16.4 Å². The zero-order valence-electron chi connectivity index (χ0n) is 25.3. The number of hydrogen-bond acceptors (Lipinski definition) is 2. The van der Waals surface area contributed by atoms with Crippen LogP contribution in [0.2, 0.25) is 0 Å². The minimum Gasteiger partial charge on any atom is -0.456 e. The molecule has 1 aliphatic rings. The van der Waals surface area contributed by atoms with Crippen molar-refractivity contribution in [2.24, 2.45) is 0 Å². The molecular formula is C43H31NO. The normalized spacial score (nSPS) is 13.3. The summed E-state index contributed by atoms with van der Waals surface area (Å²) < 4.78 is 6.36. The molecule has 0 fully saturated rings. The van der Waals surface area contributed by atoms with Gasteiger partial charge < -0.3 is 9.32 Å². The van der Waals surface area contributed by atoms with Gasteiger partial charge in [-0.2, -0.15) is 0 Å². The summed E-state index contributed by atoms with van der Waals surface area (Å²) in [5, 5.41) is 4.70. The maximum atomic E-state index is 6.36. The Balaban J connectivity index is 1.27. The molecule has 8 aromatic rings. The average Bonchev–Trinajstić information content (AvgIpc) is 3.57. The van der Waals surface area contributed by atoms with E-state index in [9.17, 15) is 0 Å². The van der Waals surface area contributed by atoms with Gasteiger partial charge in [-0.15, -0.1) is 0 Å². The molecule has 0 N–H and O–H groups in total. The first kappa shape index (κ1) is 25.9. The Morgan fingerprint density at radius 3 is 2.09 bits per heavy atom. The van der Waals surface area contributed by atoms with Gasteiger partial charge in [0.05, 0.1) is 5.69 Å². The number of rotatable bonds is 4. The highest BCUT2D eigenvalue weighted by Gasteiger charge is 2.35. The fraction of sp³-hybridized carbons (Fsp3) is 0.0698. The van der Waals surface area contributed by atoms with Gasteiger partial charge in [0.25, 0.3) is 0 Å². The molecule has 1 heterocycles. The van der Waals surface area contributed by atoms with E-state index >= 15 is 0 Å².